The van der Waals surface area contributed by atoms with Crippen molar-refractivity contribution in [3.63, 3.8) is 0 Å². The summed E-state index contributed by atoms with van der Waals surface area (Å²) in [6, 6.07) is 138. The maximum absolute atomic E-state index is 6.90. The molecule has 0 bridgehead atoms. The van der Waals surface area contributed by atoms with Gasteiger partial charge < -0.3 is 9.80 Å². The molecule has 0 saturated heterocycles. The second-order valence-electron chi connectivity index (χ2n) is 29.0. The second kappa shape index (κ2) is 27.6. The average molecular weight is 1550 g/mol. The van der Waals surface area contributed by atoms with Crippen LogP contribution in [0.1, 0.15) is 0 Å². The van der Waals surface area contributed by atoms with Gasteiger partial charge in [-0.05, 0) is 272 Å². The zero-order chi connectivity index (χ0) is 74.7. The van der Waals surface area contributed by atoms with E-state index in [0.717, 1.165) is 60.7 Å². The van der Waals surface area contributed by atoms with Gasteiger partial charge in [0, 0.05) is 64.8 Å². The Morgan fingerprint density at radius 3 is 0.929 bits per heavy atom. The lowest BCUT2D eigenvalue weighted by Crippen LogP contribution is -2.09. The summed E-state index contributed by atoms with van der Waals surface area (Å²) in [5, 5.41) is 33.5. The summed E-state index contributed by atoms with van der Waals surface area (Å²) in [4.78, 5) is 4.62. The van der Waals surface area contributed by atoms with Crippen molar-refractivity contribution in [2.45, 2.75) is 0 Å². The first-order valence-electron chi connectivity index (χ1n) is 37.8. The predicted octanol–water partition coefficient (Wildman–Crippen LogP) is 33.0. The van der Waals surface area contributed by atoms with Gasteiger partial charge in [0.2, 0.25) is 0 Å². The first-order chi connectivity index (χ1) is 55.2. The second-order valence-corrected chi connectivity index (χ2v) is 31.1. The molecule has 0 aromatic heterocycles. The number of halogens is 4. The van der Waals surface area contributed by atoms with Gasteiger partial charge in [-0.15, -0.1) is 0 Å². The summed E-state index contributed by atoms with van der Waals surface area (Å²) in [5.41, 5.74) is 16.4. The molecule has 0 atom stereocenters. The number of rotatable bonds is 8. The molecule has 0 fully saturated rings. The molecule has 526 valence electrons. The van der Waals surface area contributed by atoms with E-state index >= 15 is 0 Å². The summed E-state index contributed by atoms with van der Waals surface area (Å²) in [6.07, 6.45) is 0. The molecule has 0 heterocycles. The molecular weight excluding hydrogens is 1490 g/mol. The van der Waals surface area contributed by atoms with Crippen LogP contribution in [-0.2, 0) is 0 Å². The minimum Gasteiger partial charge on any atom is -0.310 e. The monoisotopic (exact) mass is 1550 g/mol. The van der Waals surface area contributed by atoms with E-state index in [2.05, 4.69) is 378 Å². The molecule has 23 aromatic carbocycles. The summed E-state index contributed by atoms with van der Waals surface area (Å²) in [5.74, 6) is 0. The SMILES string of the molecule is Brc1ccc2ccc3cccc4ccc1c2c34.Clc1ccc(Cl)c(-c2ccc3ccc4cccc5ccc2c3c45)c1.Clc1ccc(N(c2ccccc2)c2ccccc2)cc1-c1ccc2ccc3cccc4ccc1c2c34.c1ccc(N(c2ccccc2)c2ccc3c(c2)-c2ccc4ccc5cccc6cc-3c2c4c56)cc1. The van der Waals surface area contributed by atoms with Crippen molar-refractivity contribution in [3.05, 3.63) is 408 Å². The lowest BCUT2D eigenvalue weighted by Gasteiger charge is -2.26. The van der Waals surface area contributed by atoms with Gasteiger partial charge in [-0.25, -0.2) is 0 Å². The zero-order valence-corrected chi connectivity index (χ0v) is 64.2. The summed E-state index contributed by atoms with van der Waals surface area (Å²) in [7, 11) is 0. The first kappa shape index (κ1) is 67.3. The molecule has 1 aliphatic carbocycles. The van der Waals surface area contributed by atoms with E-state index in [1.54, 1.807) is 0 Å². The van der Waals surface area contributed by atoms with Crippen molar-refractivity contribution >= 4 is 214 Å². The highest BCUT2D eigenvalue weighted by molar-refractivity contribution is 9.10. The minimum absolute atomic E-state index is 0.695. The largest absolute Gasteiger partial charge is 0.310 e. The van der Waals surface area contributed by atoms with E-state index in [1.807, 2.05) is 36.4 Å². The number of nitrogens with zero attached hydrogens (tertiary/aromatic N) is 2. The smallest absolute Gasteiger partial charge is 0.0486 e. The topological polar surface area (TPSA) is 6.48 Å². The molecule has 0 saturated carbocycles. The maximum atomic E-state index is 6.90. The lowest BCUT2D eigenvalue weighted by molar-refractivity contribution is 1.28. The van der Waals surface area contributed by atoms with Gasteiger partial charge in [0.15, 0.2) is 0 Å². The molecule has 0 amide bonds. The quantitative estimate of drug-likeness (QED) is 0.140. The molecule has 6 heteroatoms. The highest BCUT2D eigenvalue weighted by atomic mass is 79.9. The number of fused-ring (bicyclic) bond motifs is 3. The fraction of sp³-hybridized carbons (Fsp3) is 0. The fourth-order valence-electron chi connectivity index (χ4n) is 17.8. The molecule has 0 unspecified atom stereocenters. The molecule has 0 N–H and O–H groups in total. The summed E-state index contributed by atoms with van der Waals surface area (Å²) >= 11 is 23.2. The van der Waals surface area contributed by atoms with E-state index in [-0.39, 0.29) is 0 Å². The van der Waals surface area contributed by atoms with Crippen LogP contribution in [0, 0.1) is 0 Å². The molecule has 0 radical (unpaired) electrons. The molecule has 2 nitrogen and oxygen atoms in total. The van der Waals surface area contributed by atoms with Gasteiger partial charge >= 0.3 is 0 Å². The van der Waals surface area contributed by atoms with Crippen molar-refractivity contribution in [2.24, 2.45) is 0 Å². The molecule has 0 aliphatic heterocycles. The Morgan fingerprint density at radius 1 is 0.170 bits per heavy atom. The van der Waals surface area contributed by atoms with Gasteiger partial charge in [-0.3, -0.25) is 0 Å². The van der Waals surface area contributed by atoms with Crippen LogP contribution >= 0.6 is 50.7 Å². The van der Waals surface area contributed by atoms with Crippen molar-refractivity contribution < 1.29 is 0 Å². The third-order valence-corrected chi connectivity index (χ3v) is 24.4. The van der Waals surface area contributed by atoms with E-state index in [9.17, 15) is 0 Å². The van der Waals surface area contributed by atoms with Gasteiger partial charge in [0.25, 0.3) is 0 Å². The third kappa shape index (κ3) is 11.4. The Kier molecular flexibility index (Phi) is 16.6. The van der Waals surface area contributed by atoms with Crippen LogP contribution in [0.5, 0.6) is 0 Å². The normalized spacial score (nSPS) is 11.8. The standard InChI is InChI=1S/C34H22ClN.C34H21N.C22H12Cl2.C16H9Br/c35-32-21-18-28(36(26-10-3-1-4-11-26)27-12-5-2-6-13-27)22-31(32)29-19-16-25-15-14-23-8-7-9-24-17-20-30(29)34(25)33(23)24;1-3-10-25(11-4-1)35(26-12-5-2-6-13-26)27-17-19-28-30(21-27)29-18-16-23-15-14-22-8-7-9-24-20-31(28)34(29)33(23)32(22)24;23-16-8-11-20(24)19(12-16)17-9-6-15-5-4-13-2-1-3-14-7-10-18(17)22(15)21(13)14;17-14-9-7-12-5-4-10-2-1-3-11-6-8-13(14)16(12)15(10)11/h1-22H;1-21H;1-12H;1-9H. The summed E-state index contributed by atoms with van der Waals surface area (Å²) in [6.45, 7) is 0. The Morgan fingerprint density at radius 2 is 0.482 bits per heavy atom. The van der Waals surface area contributed by atoms with Gasteiger partial charge in [-0.1, -0.05) is 330 Å². The highest BCUT2D eigenvalue weighted by Gasteiger charge is 2.27. The van der Waals surface area contributed by atoms with Crippen LogP contribution in [0.15, 0.2) is 393 Å². The number of anilines is 6. The van der Waals surface area contributed by atoms with E-state index < -0.39 is 0 Å². The predicted molar refractivity (Wildman–Crippen MR) is 488 cm³/mol. The molecule has 1 aliphatic rings. The molecule has 23 aromatic rings. The first-order valence-corrected chi connectivity index (χ1v) is 39.7. The Bertz CT molecular complexity index is 7430. The maximum Gasteiger partial charge on any atom is 0.0486 e. The van der Waals surface area contributed by atoms with Gasteiger partial charge in [0.1, 0.15) is 0 Å². The Balaban J connectivity index is 0.0000000976. The van der Waals surface area contributed by atoms with E-state index in [1.165, 1.54) is 162 Å². The van der Waals surface area contributed by atoms with Crippen molar-refractivity contribution in [2.75, 3.05) is 9.80 Å². The molecule has 0 spiro atoms. The summed E-state index contributed by atoms with van der Waals surface area (Å²) < 4.78 is 1.17. The van der Waals surface area contributed by atoms with Crippen molar-refractivity contribution in [1.29, 1.82) is 0 Å². The third-order valence-electron chi connectivity index (χ3n) is 22.8. The Labute approximate surface area is 670 Å². The van der Waals surface area contributed by atoms with Crippen LogP contribution in [-0.4, -0.2) is 0 Å². The van der Waals surface area contributed by atoms with Gasteiger partial charge in [0.05, 0.1) is 0 Å². The van der Waals surface area contributed by atoms with E-state index in [4.69, 9.17) is 34.8 Å². The van der Waals surface area contributed by atoms with Crippen LogP contribution in [0.25, 0.3) is 174 Å². The minimum atomic E-state index is 0.695. The number of benzene rings is 23. The average Bonchev–Trinajstić information content (AvgIpc) is 1.52. The fourth-order valence-corrected chi connectivity index (χ4v) is 18.9. The van der Waals surface area contributed by atoms with Crippen LogP contribution < -0.4 is 9.80 Å². The number of para-hydroxylation sites is 4. The zero-order valence-electron chi connectivity index (χ0n) is 60.4. The molecule has 112 heavy (non-hydrogen) atoms. The molecular formula is C106H64BrCl3N2. The van der Waals surface area contributed by atoms with Crippen molar-refractivity contribution in [3.8, 4) is 44.5 Å². The van der Waals surface area contributed by atoms with Crippen LogP contribution in [0.4, 0.5) is 34.1 Å². The van der Waals surface area contributed by atoms with Crippen LogP contribution in [0.3, 0.4) is 0 Å². The number of hydrogen-bond donors (Lipinski definition) is 0. The molecule has 24 rings (SSSR count). The lowest BCUT2D eigenvalue weighted by atomic mass is 9.90. The van der Waals surface area contributed by atoms with Gasteiger partial charge in [-0.2, -0.15) is 0 Å². The Hall–Kier alpha value is -12.8. The highest BCUT2D eigenvalue weighted by Crippen LogP contribution is 2.54. The van der Waals surface area contributed by atoms with Crippen LogP contribution in [0.2, 0.25) is 15.1 Å². The number of hydrogen-bond acceptors (Lipinski definition) is 2. The van der Waals surface area contributed by atoms with Crippen molar-refractivity contribution in [1.82, 2.24) is 0 Å². The van der Waals surface area contributed by atoms with E-state index in [0.29, 0.717) is 5.02 Å².